The van der Waals surface area contributed by atoms with Crippen molar-refractivity contribution < 1.29 is 9.37 Å². The Morgan fingerprint density at radius 3 is 2.82 bits per heavy atom. The summed E-state index contributed by atoms with van der Waals surface area (Å²) in [6, 6.07) is 2.23. The fourth-order valence-corrected chi connectivity index (χ4v) is 2.58. The van der Waals surface area contributed by atoms with Crippen LogP contribution >= 0.6 is 0 Å². The van der Waals surface area contributed by atoms with Gasteiger partial charge in [0.05, 0.1) is 7.11 Å². The monoisotopic (exact) mass is 304 g/mol. The summed E-state index contributed by atoms with van der Waals surface area (Å²) in [5, 5.41) is 11.2. The van der Waals surface area contributed by atoms with E-state index in [2.05, 4.69) is 30.5 Å². The molecule has 0 amide bonds. The number of methoxy groups -OCH3 is 1. The van der Waals surface area contributed by atoms with Crippen molar-refractivity contribution in [2.45, 2.75) is 32.4 Å². The summed E-state index contributed by atoms with van der Waals surface area (Å²) < 4.78 is 9.85. The summed E-state index contributed by atoms with van der Waals surface area (Å²) in [4.78, 5) is 10.6. The summed E-state index contributed by atoms with van der Waals surface area (Å²) >= 11 is 0. The Balaban J connectivity index is 1.50. The van der Waals surface area contributed by atoms with Crippen LogP contribution in [0.3, 0.4) is 0 Å². The van der Waals surface area contributed by atoms with E-state index in [4.69, 9.17) is 9.37 Å². The Labute approximate surface area is 128 Å². The first-order valence-corrected chi connectivity index (χ1v) is 7.37. The molecule has 1 saturated heterocycles. The van der Waals surface area contributed by atoms with E-state index in [1.807, 2.05) is 13.0 Å². The molecule has 8 heteroatoms. The van der Waals surface area contributed by atoms with Gasteiger partial charge < -0.3 is 10.1 Å². The lowest BCUT2D eigenvalue weighted by molar-refractivity contribution is 0.204. The lowest BCUT2D eigenvalue weighted by atomic mass is 10.0. The van der Waals surface area contributed by atoms with Crippen LogP contribution in [0.1, 0.15) is 24.2 Å². The molecule has 1 N–H and O–H groups in total. The number of nitrogens with zero attached hydrogens (tertiary/aromatic N) is 5. The topological polar surface area (TPSA) is 89.2 Å². The van der Waals surface area contributed by atoms with Gasteiger partial charge in [-0.3, -0.25) is 4.90 Å². The predicted molar refractivity (Wildman–Crippen MR) is 79.5 cm³/mol. The minimum atomic E-state index is 0.410. The molecule has 1 fully saturated rings. The molecule has 0 atom stereocenters. The zero-order valence-electron chi connectivity index (χ0n) is 12.8. The molecule has 0 spiro atoms. The molecular formula is C14H20N6O2. The van der Waals surface area contributed by atoms with Gasteiger partial charge in [0.2, 0.25) is 5.88 Å². The number of anilines is 1. The number of rotatable bonds is 5. The van der Waals surface area contributed by atoms with Crippen molar-refractivity contribution in [3.63, 3.8) is 0 Å². The van der Waals surface area contributed by atoms with Crippen molar-refractivity contribution in [3.8, 4) is 5.88 Å². The number of likely N-dealkylation sites (tertiary alicyclic amines) is 1. The largest absolute Gasteiger partial charge is 0.481 e. The maximum atomic E-state index is 5.11. The Kier molecular flexibility index (Phi) is 4.47. The average molecular weight is 304 g/mol. The Morgan fingerprint density at radius 2 is 2.14 bits per heavy atom. The number of hydrogen-bond acceptors (Lipinski definition) is 8. The lowest BCUT2D eigenvalue weighted by Crippen LogP contribution is -2.39. The maximum Gasteiger partial charge on any atom is 0.218 e. The van der Waals surface area contributed by atoms with Crippen molar-refractivity contribution in [1.29, 1.82) is 0 Å². The molecule has 3 rings (SSSR count). The molecule has 8 nitrogen and oxygen atoms in total. The fourth-order valence-electron chi connectivity index (χ4n) is 2.58. The van der Waals surface area contributed by atoms with Crippen LogP contribution in [0.4, 0.5) is 5.82 Å². The predicted octanol–water partition coefficient (Wildman–Crippen LogP) is 1.25. The van der Waals surface area contributed by atoms with E-state index in [1.54, 1.807) is 7.11 Å². The van der Waals surface area contributed by atoms with E-state index in [-0.39, 0.29) is 0 Å². The third-order valence-corrected chi connectivity index (χ3v) is 3.91. The summed E-state index contributed by atoms with van der Waals surface area (Å²) in [6.45, 7) is 4.73. The van der Waals surface area contributed by atoms with Crippen LogP contribution in [0.15, 0.2) is 17.0 Å². The smallest absolute Gasteiger partial charge is 0.218 e. The molecule has 1 aliphatic rings. The second kappa shape index (κ2) is 6.69. The van der Waals surface area contributed by atoms with Crippen LogP contribution in [0, 0.1) is 6.92 Å². The second-order valence-electron chi connectivity index (χ2n) is 5.44. The fraction of sp³-hybridized carbons (Fsp3) is 0.571. The van der Waals surface area contributed by atoms with E-state index in [0.717, 1.165) is 49.7 Å². The standard InChI is InChI=1S/C14H20N6O2/c1-10-12(19-22-18-10)8-20-5-3-11(4-6-20)17-13-7-14(21-2)16-9-15-13/h7,9,11H,3-6,8H2,1-2H3,(H,15,16,17). The molecule has 118 valence electrons. The van der Waals surface area contributed by atoms with E-state index in [1.165, 1.54) is 6.33 Å². The number of ether oxygens (including phenoxy) is 1. The van der Waals surface area contributed by atoms with Gasteiger partial charge in [0.25, 0.3) is 0 Å². The lowest BCUT2D eigenvalue weighted by Gasteiger charge is -2.32. The molecule has 0 bridgehead atoms. The molecule has 0 aromatic carbocycles. The number of piperidine rings is 1. The molecule has 3 heterocycles. The van der Waals surface area contributed by atoms with Gasteiger partial charge in [0, 0.05) is 31.7 Å². The zero-order chi connectivity index (χ0) is 15.4. The number of nitrogens with one attached hydrogen (secondary N) is 1. The van der Waals surface area contributed by atoms with Gasteiger partial charge >= 0.3 is 0 Å². The Bertz CT molecular complexity index is 609. The summed E-state index contributed by atoms with van der Waals surface area (Å²) in [7, 11) is 1.60. The van der Waals surface area contributed by atoms with E-state index < -0.39 is 0 Å². The molecular weight excluding hydrogens is 284 g/mol. The van der Waals surface area contributed by atoms with Crippen LogP contribution in [0.2, 0.25) is 0 Å². The number of aromatic nitrogens is 4. The average Bonchev–Trinajstić information content (AvgIpc) is 2.94. The van der Waals surface area contributed by atoms with Gasteiger partial charge in [-0.05, 0) is 19.8 Å². The number of aryl methyl sites for hydroxylation is 1. The quantitative estimate of drug-likeness (QED) is 0.883. The maximum absolute atomic E-state index is 5.11. The van der Waals surface area contributed by atoms with Gasteiger partial charge in [-0.15, -0.1) is 0 Å². The Hall–Kier alpha value is -2.22. The second-order valence-corrected chi connectivity index (χ2v) is 5.44. The third-order valence-electron chi connectivity index (χ3n) is 3.91. The van der Waals surface area contributed by atoms with Crippen LogP contribution in [-0.2, 0) is 6.54 Å². The molecule has 1 aliphatic heterocycles. The number of hydrogen-bond donors (Lipinski definition) is 1. The molecule has 0 aliphatic carbocycles. The van der Waals surface area contributed by atoms with Gasteiger partial charge in [-0.1, -0.05) is 10.3 Å². The first-order valence-electron chi connectivity index (χ1n) is 7.37. The Morgan fingerprint density at radius 1 is 1.32 bits per heavy atom. The van der Waals surface area contributed by atoms with Crippen molar-refractivity contribution in [1.82, 2.24) is 25.2 Å². The van der Waals surface area contributed by atoms with Crippen LogP contribution in [-0.4, -0.2) is 51.4 Å². The normalized spacial score (nSPS) is 16.6. The molecule has 0 saturated carbocycles. The van der Waals surface area contributed by atoms with E-state index >= 15 is 0 Å². The first-order chi connectivity index (χ1) is 10.7. The SMILES string of the molecule is COc1cc(NC2CCN(Cc3nonc3C)CC2)ncn1. The molecule has 0 radical (unpaired) electrons. The van der Waals surface area contributed by atoms with Crippen molar-refractivity contribution in [2.24, 2.45) is 0 Å². The first kappa shape index (κ1) is 14.7. The van der Waals surface area contributed by atoms with E-state index in [9.17, 15) is 0 Å². The third kappa shape index (κ3) is 3.51. The summed E-state index contributed by atoms with van der Waals surface area (Å²) in [5.74, 6) is 1.38. The summed E-state index contributed by atoms with van der Waals surface area (Å²) in [5.41, 5.74) is 1.79. The van der Waals surface area contributed by atoms with Gasteiger partial charge in [0.15, 0.2) is 0 Å². The van der Waals surface area contributed by atoms with Crippen molar-refractivity contribution in [2.75, 3.05) is 25.5 Å². The van der Waals surface area contributed by atoms with E-state index in [0.29, 0.717) is 11.9 Å². The molecule has 0 unspecified atom stereocenters. The minimum absolute atomic E-state index is 0.410. The van der Waals surface area contributed by atoms with Crippen LogP contribution in [0.5, 0.6) is 5.88 Å². The van der Waals surface area contributed by atoms with Gasteiger partial charge in [0.1, 0.15) is 23.5 Å². The van der Waals surface area contributed by atoms with Crippen LogP contribution in [0.25, 0.3) is 0 Å². The van der Waals surface area contributed by atoms with Crippen molar-refractivity contribution >= 4 is 5.82 Å². The summed E-state index contributed by atoms with van der Waals surface area (Å²) in [6.07, 6.45) is 3.62. The highest BCUT2D eigenvalue weighted by molar-refractivity contribution is 5.38. The molecule has 2 aromatic rings. The zero-order valence-corrected chi connectivity index (χ0v) is 12.8. The highest BCUT2D eigenvalue weighted by Crippen LogP contribution is 2.18. The van der Waals surface area contributed by atoms with Gasteiger partial charge in [-0.2, -0.15) is 0 Å². The molecule has 2 aromatic heterocycles. The highest BCUT2D eigenvalue weighted by Gasteiger charge is 2.21. The van der Waals surface area contributed by atoms with Gasteiger partial charge in [-0.25, -0.2) is 14.6 Å². The van der Waals surface area contributed by atoms with Crippen molar-refractivity contribution in [3.05, 3.63) is 23.8 Å². The highest BCUT2D eigenvalue weighted by atomic mass is 16.6. The molecule has 22 heavy (non-hydrogen) atoms. The minimum Gasteiger partial charge on any atom is -0.481 e. The van der Waals surface area contributed by atoms with Crippen LogP contribution < -0.4 is 10.1 Å².